The Kier molecular flexibility index (Phi) is 4.27. The average Bonchev–Trinajstić information content (AvgIpc) is 2.46. The minimum absolute atomic E-state index is 0.110. The van der Waals surface area contributed by atoms with Gasteiger partial charge in [-0.1, -0.05) is 30.3 Å². The summed E-state index contributed by atoms with van der Waals surface area (Å²) in [5.74, 6) is -0.728. The van der Waals surface area contributed by atoms with E-state index in [1.807, 2.05) is 18.2 Å². The summed E-state index contributed by atoms with van der Waals surface area (Å²) >= 11 is 0. The Morgan fingerprint density at radius 1 is 1.25 bits per heavy atom. The number of rotatable bonds is 5. The van der Waals surface area contributed by atoms with Crippen LogP contribution in [-0.4, -0.2) is 16.6 Å². The van der Waals surface area contributed by atoms with Crippen LogP contribution in [0.15, 0.2) is 48.5 Å². The molecule has 20 heavy (non-hydrogen) atoms. The van der Waals surface area contributed by atoms with Crippen LogP contribution in [0.5, 0.6) is 0 Å². The second kappa shape index (κ2) is 6.12. The lowest BCUT2D eigenvalue weighted by molar-refractivity contribution is -0.385. The minimum atomic E-state index is -0.728. The molecule has 5 nitrogen and oxygen atoms in total. The normalized spacial score (nSPS) is 11.9. The van der Waals surface area contributed by atoms with Gasteiger partial charge in [-0.05, 0) is 11.6 Å². The van der Waals surface area contributed by atoms with Crippen molar-refractivity contribution in [2.24, 2.45) is 0 Å². The molecule has 0 radical (unpaired) electrons. The van der Waals surface area contributed by atoms with E-state index in [0.29, 0.717) is 0 Å². The van der Waals surface area contributed by atoms with E-state index in [1.54, 1.807) is 12.1 Å². The predicted molar refractivity (Wildman–Crippen MR) is 72.9 cm³/mol. The summed E-state index contributed by atoms with van der Waals surface area (Å²) in [4.78, 5) is 9.88. The maximum atomic E-state index is 13.8. The third kappa shape index (κ3) is 3.10. The van der Waals surface area contributed by atoms with E-state index in [1.165, 1.54) is 12.1 Å². The zero-order chi connectivity index (χ0) is 14.5. The van der Waals surface area contributed by atoms with Crippen molar-refractivity contribution in [1.82, 2.24) is 0 Å². The molecule has 0 aromatic heterocycles. The van der Waals surface area contributed by atoms with Crippen LogP contribution in [0.1, 0.15) is 11.6 Å². The van der Waals surface area contributed by atoms with E-state index >= 15 is 0 Å². The summed E-state index contributed by atoms with van der Waals surface area (Å²) in [6, 6.07) is 11.9. The van der Waals surface area contributed by atoms with Crippen molar-refractivity contribution in [3.63, 3.8) is 0 Å². The van der Waals surface area contributed by atoms with Crippen LogP contribution in [0.25, 0.3) is 0 Å². The van der Waals surface area contributed by atoms with Crippen LogP contribution in [0.3, 0.4) is 0 Å². The van der Waals surface area contributed by atoms with Gasteiger partial charge >= 0.3 is 0 Å². The van der Waals surface area contributed by atoms with Crippen molar-refractivity contribution < 1.29 is 14.4 Å². The zero-order valence-electron chi connectivity index (χ0n) is 10.5. The van der Waals surface area contributed by atoms with Crippen LogP contribution in [0.4, 0.5) is 15.8 Å². The van der Waals surface area contributed by atoms with Crippen LogP contribution in [-0.2, 0) is 0 Å². The highest BCUT2D eigenvalue weighted by Gasteiger charge is 2.15. The third-order valence-electron chi connectivity index (χ3n) is 2.88. The van der Waals surface area contributed by atoms with Crippen LogP contribution >= 0.6 is 0 Å². The molecule has 0 aliphatic heterocycles. The summed E-state index contributed by atoms with van der Waals surface area (Å²) in [5.41, 5.74) is 0.597. The molecule has 2 rings (SSSR count). The maximum absolute atomic E-state index is 13.8. The van der Waals surface area contributed by atoms with Crippen LogP contribution < -0.4 is 5.32 Å². The van der Waals surface area contributed by atoms with Gasteiger partial charge in [0.05, 0.1) is 29.3 Å². The van der Waals surface area contributed by atoms with E-state index in [-0.39, 0.29) is 18.0 Å². The summed E-state index contributed by atoms with van der Waals surface area (Å²) in [5, 5.41) is 22.8. The number of aliphatic hydroxyl groups excluding tert-OH is 1. The van der Waals surface area contributed by atoms with Crippen molar-refractivity contribution >= 4 is 11.4 Å². The van der Waals surface area contributed by atoms with Crippen molar-refractivity contribution in [2.75, 3.05) is 11.9 Å². The molecule has 0 spiro atoms. The molecule has 0 saturated carbocycles. The zero-order valence-corrected chi connectivity index (χ0v) is 10.5. The fourth-order valence-electron chi connectivity index (χ4n) is 1.84. The Hall–Kier alpha value is -2.47. The molecule has 0 aliphatic rings. The lowest BCUT2D eigenvalue weighted by Gasteiger charge is -2.18. The summed E-state index contributed by atoms with van der Waals surface area (Å²) in [7, 11) is 0. The molecule has 2 aromatic rings. The van der Waals surface area contributed by atoms with Crippen LogP contribution in [0, 0.1) is 15.9 Å². The van der Waals surface area contributed by atoms with Gasteiger partial charge in [0.25, 0.3) is 5.69 Å². The van der Waals surface area contributed by atoms with Gasteiger partial charge in [-0.15, -0.1) is 0 Å². The highest BCUT2D eigenvalue weighted by Crippen LogP contribution is 2.24. The molecule has 1 atom stereocenters. The lowest BCUT2D eigenvalue weighted by atomic mass is 10.1. The van der Waals surface area contributed by atoms with Crippen molar-refractivity contribution in [2.45, 2.75) is 6.04 Å². The SMILES string of the molecule is O=[N+]([O-])c1ccc(NC(CO)c2ccccc2)c(F)c1. The number of hydrogen-bond donors (Lipinski definition) is 2. The Morgan fingerprint density at radius 2 is 1.95 bits per heavy atom. The standard InChI is InChI=1S/C14H13FN2O3/c15-12-8-11(17(19)20)6-7-13(12)16-14(9-18)10-4-2-1-3-5-10/h1-8,14,16,18H,9H2. The van der Waals surface area contributed by atoms with E-state index in [4.69, 9.17) is 0 Å². The maximum Gasteiger partial charge on any atom is 0.272 e. The monoisotopic (exact) mass is 276 g/mol. The van der Waals surface area contributed by atoms with Gasteiger partial charge in [0.2, 0.25) is 0 Å². The fraction of sp³-hybridized carbons (Fsp3) is 0.143. The highest BCUT2D eigenvalue weighted by atomic mass is 19.1. The van der Waals surface area contributed by atoms with Gasteiger partial charge < -0.3 is 10.4 Å². The molecule has 2 N–H and O–H groups in total. The largest absolute Gasteiger partial charge is 0.394 e. The Balaban J connectivity index is 2.22. The Morgan fingerprint density at radius 3 is 2.50 bits per heavy atom. The van der Waals surface area contributed by atoms with Gasteiger partial charge in [-0.25, -0.2) is 4.39 Å². The first-order valence-corrected chi connectivity index (χ1v) is 5.98. The highest BCUT2D eigenvalue weighted by molar-refractivity contribution is 5.51. The molecule has 104 valence electrons. The molecule has 0 bridgehead atoms. The first-order chi connectivity index (χ1) is 9.61. The van der Waals surface area contributed by atoms with Crippen molar-refractivity contribution in [1.29, 1.82) is 0 Å². The quantitative estimate of drug-likeness (QED) is 0.650. The fourth-order valence-corrected chi connectivity index (χ4v) is 1.84. The smallest absolute Gasteiger partial charge is 0.272 e. The molecular weight excluding hydrogens is 263 g/mol. The molecular formula is C14H13FN2O3. The number of nitro groups is 1. The van der Waals surface area contributed by atoms with E-state index in [0.717, 1.165) is 11.6 Å². The average molecular weight is 276 g/mol. The Labute approximate surface area is 114 Å². The number of nitrogens with one attached hydrogen (secondary N) is 1. The molecule has 0 heterocycles. The predicted octanol–water partition coefficient (Wildman–Crippen LogP) is 2.88. The number of nitro benzene ring substituents is 1. The van der Waals surface area contributed by atoms with E-state index < -0.39 is 16.8 Å². The molecule has 1 unspecified atom stereocenters. The summed E-state index contributed by atoms with van der Waals surface area (Å²) in [6.07, 6.45) is 0. The summed E-state index contributed by atoms with van der Waals surface area (Å²) < 4.78 is 13.8. The topological polar surface area (TPSA) is 75.4 Å². The minimum Gasteiger partial charge on any atom is -0.394 e. The van der Waals surface area contributed by atoms with Gasteiger partial charge in [-0.2, -0.15) is 0 Å². The summed E-state index contributed by atoms with van der Waals surface area (Å²) in [6.45, 7) is -0.222. The first kappa shape index (κ1) is 14.0. The molecule has 6 heteroatoms. The van der Waals surface area contributed by atoms with Gasteiger partial charge in [-0.3, -0.25) is 10.1 Å². The van der Waals surface area contributed by atoms with Gasteiger partial charge in [0.1, 0.15) is 0 Å². The number of halogens is 1. The third-order valence-corrected chi connectivity index (χ3v) is 2.88. The molecule has 2 aromatic carbocycles. The number of non-ortho nitro benzene ring substituents is 1. The van der Waals surface area contributed by atoms with Crippen molar-refractivity contribution in [3.05, 3.63) is 70.0 Å². The number of anilines is 1. The van der Waals surface area contributed by atoms with Gasteiger partial charge in [0.15, 0.2) is 5.82 Å². The lowest BCUT2D eigenvalue weighted by Crippen LogP contribution is -2.15. The molecule has 0 saturated heterocycles. The van der Waals surface area contributed by atoms with Crippen LogP contribution in [0.2, 0.25) is 0 Å². The number of hydrogen-bond acceptors (Lipinski definition) is 4. The number of nitrogens with zero attached hydrogens (tertiary/aromatic N) is 1. The van der Waals surface area contributed by atoms with Gasteiger partial charge in [0, 0.05) is 6.07 Å². The first-order valence-electron chi connectivity index (χ1n) is 5.98. The second-order valence-corrected chi connectivity index (χ2v) is 4.21. The second-order valence-electron chi connectivity index (χ2n) is 4.21. The molecule has 0 aliphatic carbocycles. The molecule has 0 amide bonds. The molecule has 0 fully saturated rings. The number of benzene rings is 2. The number of aliphatic hydroxyl groups is 1. The van der Waals surface area contributed by atoms with Crippen molar-refractivity contribution in [3.8, 4) is 0 Å². The van der Waals surface area contributed by atoms with E-state index in [2.05, 4.69) is 5.32 Å². The Bertz CT molecular complexity index is 605. The van der Waals surface area contributed by atoms with E-state index in [9.17, 15) is 19.6 Å².